The van der Waals surface area contributed by atoms with Crippen LogP contribution in [0.5, 0.6) is 0 Å². The number of nitrogens with one attached hydrogen (secondary N) is 2. The Balaban J connectivity index is 1.49. The molecule has 0 amide bonds. The predicted molar refractivity (Wildman–Crippen MR) is 67.9 cm³/mol. The Morgan fingerprint density at radius 2 is 2.00 bits per heavy atom. The second kappa shape index (κ2) is 4.72. The quantitative estimate of drug-likeness (QED) is 0.835. The molecule has 3 heteroatoms. The molecular formula is C14H17N3. The summed E-state index contributed by atoms with van der Waals surface area (Å²) in [6.07, 6.45) is 6.98. The van der Waals surface area contributed by atoms with E-state index in [0.717, 1.165) is 31.6 Å². The fraction of sp³-hybridized carbons (Fsp3) is 0.357. The molecule has 17 heavy (non-hydrogen) atoms. The Hall–Kier alpha value is -1.61. The maximum atomic E-state index is 4.22. The summed E-state index contributed by atoms with van der Waals surface area (Å²) in [7, 11) is 0. The number of aromatic nitrogens is 2. The minimum atomic E-state index is 0.599. The molecule has 1 aromatic heterocycles. The van der Waals surface area contributed by atoms with E-state index in [9.17, 15) is 0 Å². The number of fused-ring (bicyclic) bond motifs is 1. The lowest BCUT2D eigenvalue weighted by atomic mass is 10.1. The van der Waals surface area contributed by atoms with Crippen LogP contribution in [0.3, 0.4) is 0 Å². The first-order valence-electron chi connectivity index (χ1n) is 6.20. The maximum Gasteiger partial charge on any atom is 0.107 e. The first-order valence-corrected chi connectivity index (χ1v) is 6.20. The van der Waals surface area contributed by atoms with E-state index in [1.54, 1.807) is 6.20 Å². The molecular weight excluding hydrogens is 210 g/mol. The molecule has 1 aliphatic carbocycles. The second-order valence-electron chi connectivity index (χ2n) is 4.61. The molecule has 0 spiro atoms. The van der Waals surface area contributed by atoms with Crippen molar-refractivity contribution in [3.8, 4) is 0 Å². The summed E-state index contributed by atoms with van der Waals surface area (Å²) in [6, 6.07) is 9.34. The third kappa shape index (κ3) is 2.39. The van der Waals surface area contributed by atoms with Crippen molar-refractivity contribution in [3.63, 3.8) is 0 Å². The number of nitrogens with zero attached hydrogens (tertiary/aromatic N) is 1. The van der Waals surface area contributed by atoms with Crippen LogP contribution >= 0.6 is 0 Å². The molecule has 88 valence electrons. The lowest BCUT2D eigenvalue weighted by Crippen LogP contribution is -2.31. The van der Waals surface area contributed by atoms with Gasteiger partial charge >= 0.3 is 0 Å². The summed E-state index contributed by atoms with van der Waals surface area (Å²) in [5.41, 5.74) is 3.01. The van der Waals surface area contributed by atoms with Crippen LogP contribution in [0.1, 0.15) is 17.0 Å². The van der Waals surface area contributed by atoms with E-state index in [2.05, 4.69) is 39.6 Å². The smallest absolute Gasteiger partial charge is 0.107 e. The largest absolute Gasteiger partial charge is 0.349 e. The highest BCUT2D eigenvalue weighted by atomic mass is 14.9. The summed E-state index contributed by atoms with van der Waals surface area (Å²) in [4.78, 5) is 7.35. The van der Waals surface area contributed by atoms with E-state index in [0.29, 0.717) is 6.04 Å². The molecule has 0 fully saturated rings. The van der Waals surface area contributed by atoms with Gasteiger partial charge < -0.3 is 10.3 Å². The SMILES string of the molecule is c1ccc2c(c1)CC(NCCc1ncc[nH]1)C2. The third-order valence-corrected chi connectivity index (χ3v) is 3.40. The van der Waals surface area contributed by atoms with Gasteiger partial charge in [0, 0.05) is 31.4 Å². The van der Waals surface area contributed by atoms with Crippen LogP contribution < -0.4 is 5.32 Å². The molecule has 3 nitrogen and oxygen atoms in total. The zero-order valence-corrected chi connectivity index (χ0v) is 9.82. The van der Waals surface area contributed by atoms with Crippen LogP contribution in [0.25, 0.3) is 0 Å². The van der Waals surface area contributed by atoms with Crippen LogP contribution in [-0.2, 0) is 19.3 Å². The van der Waals surface area contributed by atoms with Crippen LogP contribution in [0.15, 0.2) is 36.7 Å². The van der Waals surface area contributed by atoms with Gasteiger partial charge in [-0.15, -0.1) is 0 Å². The van der Waals surface area contributed by atoms with Crippen molar-refractivity contribution in [2.45, 2.75) is 25.3 Å². The van der Waals surface area contributed by atoms with Gasteiger partial charge in [-0.3, -0.25) is 0 Å². The van der Waals surface area contributed by atoms with Crippen molar-refractivity contribution < 1.29 is 0 Å². The summed E-state index contributed by atoms with van der Waals surface area (Å²) < 4.78 is 0. The molecule has 1 aromatic carbocycles. The molecule has 0 saturated carbocycles. The fourth-order valence-corrected chi connectivity index (χ4v) is 2.53. The summed E-state index contributed by atoms with van der Waals surface area (Å²) in [6.45, 7) is 0.992. The van der Waals surface area contributed by atoms with E-state index in [1.165, 1.54) is 11.1 Å². The van der Waals surface area contributed by atoms with Crippen molar-refractivity contribution in [2.24, 2.45) is 0 Å². The fourth-order valence-electron chi connectivity index (χ4n) is 2.53. The molecule has 2 N–H and O–H groups in total. The van der Waals surface area contributed by atoms with Crippen molar-refractivity contribution in [1.29, 1.82) is 0 Å². The first kappa shape index (κ1) is 10.5. The van der Waals surface area contributed by atoms with Crippen LogP contribution in [0, 0.1) is 0 Å². The average molecular weight is 227 g/mol. The van der Waals surface area contributed by atoms with Gasteiger partial charge in [0.15, 0.2) is 0 Å². The highest BCUT2D eigenvalue weighted by molar-refractivity contribution is 5.33. The highest BCUT2D eigenvalue weighted by Crippen LogP contribution is 2.21. The minimum Gasteiger partial charge on any atom is -0.349 e. The van der Waals surface area contributed by atoms with Crippen molar-refractivity contribution in [2.75, 3.05) is 6.54 Å². The van der Waals surface area contributed by atoms with Gasteiger partial charge in [-0.05, 0) is 24.0 Å². The molecule has 2 aromatic rings. The van der Waals surface area contributed by atoms with Gasteiger partial charge in [0.25, 0.3) is 0 Å². The Bertz CT molecular complexity index is 451. The maximum absolute atomic E-state index is 4.22. The number of imidazole rings is 1. The number of benzene rings is 1. The Labute approximate surface area is 101 Å². The van der Waals surface area contributed by atoms with E-state index in [-0.39, 0.29) is 0 Å². The summed E-state index contributed by atoms with van der Waals surface area (Å²) >= 11 is 0. The number of rotatable bonds is 4. The molecule has 1 heterocycles. The Kier molecular flexibility index (Phi) is 2.92. The van der Waals surface area contributed by atoms with Crippen LogP contribution in [-0.4, -0.2) is 22.6 Å². The Morgan fingerprint density at radius 3 is 2.65 bits per heavy atom. The summed E-state index contributed by atoms with van der Waals surface area (Å²) in [5.74, 6) is 1.06. The van der Waals surface area contributed by atoms with E-state index in [4.69, 9.17) is 0 Å². The zero-order chi connectivity index (χ0) is 11.5. The number of H-pyrrole nitrogens is 1. The standard InChI is InChI=1S/C14H17N3/c1-2-4-12-10-13(9-11(12)3-1)15-6-5-14-16-7-8-17-14/h1-4,7-8,13,15H,5-6,9-10H2,(H,16,17). The third-order valence-electron chi connectivity index (χ3n) is 3.40. The molecule has 0 bridgehead atoms. The molecule has 3 rings (SSSR count). The predicted octanol–water partition coefficient (Wildman–Crippen LogP) is 1.71. The minimum absolute atomic E-state index is 0.599. The topological polar surface area (TPSA) is 40.7 Å². The van der Waals surface area contributed by atoms with E-state index >= 15 is 0 Å². The van der Waals surface area contributed by atoms with Crippen molar-refractivity contribution in [3.05, 3.63) is 53.6 Å². The molecule has 0 atom stereocenters. The Morgan fingerprint density at radius 1 is 1.24 bits per heavy atom. The number of hydrogen-bond donors (Lipinski definition) is 2. The lowest BCUT2D eigenvalue weighted by Gasteiger charge is -2.10. The lowest BCUT2D eigenvalue weighted by molar-refractivity contribution is 0.532. The van der Waals surface area contributed by atoms with Gasteiger partial charge in [0.2, 0.25) is 0 Å². The van der Waals surface area contributed by atoms with Crippen LogP contribution in [0.4, 0.5) is 0 Å². The number of aromatic amines is 1. The van der Waals surface area contributed by atoms with Crippen LogP contribution in [0.2, 0.25) is 0 Å². The van der Waals surface area contributed by atoms with E-state index < -0.39 is 0 Å². The van der Waals surface area contributed by atoms with Gasteiger partial charge in [0.1, 0.15) is 5.82 Å². The molecule has 0 saturated heterocycles. The molecule has 0 unspecified atom stereocenters. The van der Waals surface area contributed by atoms with Crippen molar-refractivity contribution in [1.82, 2.24) is 15.3 Å². The molecule has 1 aliphatic rings. The normalized spacial score (nSPS) is 15.1. The van der Waals surface area contributed by atoms with Gasteiger partial charge in [-0.1, -0.05) is 24.3 Å². The first-order chi connectivity index (χ1) is 8.42. The zero-order valence-electron chi connectivity index (χ0n) is 9.82. The summed E-state index contributed by atoms with van der Waals surface area (Å²) in [5, 5.41) is 3.61. The van der Waals surface area contributed by atoms with Gasteiger partial charge in [-0.2, -0.15) is 0 Å². The van der Waals surface area contributed by atoms with E-state index in [1.807, 2.05) is 6.20 Å². The molecule has 0 radical (unpaired) electrons. The number of hydrogen-bond acceptors (Lipinski definition) is 2. The second-order valence-corrected chi connectivity index (χ2v) is 4.61. The monoisotopic (exact) mass is 227 g/mol. The van der Waals surface area contributed by atoms with Gasteiger partial charge in [-0.25, -0.2) is 4.98 Å². The molecule has 0 aliphatic heterocycles. The van der Waals surface area contributed by atoms with Gasteiger partial charge in [0.05, 0.1) is 0 Å². The average Bonchev–Trinajstić information content (AvgIpc) is 2.96. The van der Waals surface area contributed by atoms with Crippen molar-refractivity contribution >= 4 is 0 Å². The highest BCUT2D eigenvalue weighted by Gasteiger charge is 2.19.